The quantitative estimate of drug-likeness (QED) is 0.0482. The number of carbonyl (C=O) groups excluding carboxylic acids is 2. The van der Waals surface area contributed by atoms with Crippen LogP contribution in [-0.4, -0.2) is 102 Å². The molecule has 0 aromatic heterocycles. The first-order chi connectivity index (χ1) is 31.2. The van der Waals surface area contributed by atoms with E-state index in [1.54, 1.807) is 0 Å². The Hall–Kier alpha value is -0.556. The number of halogens is 1. The molecule has 0 N–H and O–H groups in total. The molecule has 5 heterocycles. The highest BCUT2D eigenvalue weighted by atomic mass is 127. The van der Waals surface area contributed by atoms with E-state index in [1.807, 2.05) is 0 Å². The number of hydrogen-bond acceptors (Lipinski definition) is 9. The molecule has 17 atom stereocenters. The number of carbonyl (C=O) groups is 2. The molecular formula is C55H95IO9Si2. The van der Waals surface area contributed by atoms with E-state index in [1.165, 1.54) is 0 Å². The summed E-state index contributed by atoms with van der Waals surface area (Å²) in [6.07, 6.45) is 12.1. The van der Waals surface area contributed by atoms with Crippen LogP contribution >= 0.6 is 22.6 Å². The van der Waals surface area contributed by atoms with Gasteiger partial charge in [0.25, 0.3) is 0 Å². The lowest BCUT2D eigenvalue weighted by atomic mass is 9.78. The molecule has 0 aliphatic carbocycles. The molecule has 0 aromatic rings. The average molecular weight is 1080 g/mol. The van der Waals surface area contributed by atoms with Crippen LogP contribution in [0.2, 0.25) is 36.3 Å². The summed E-state index contributed by atoms with van der Waals surface area (Å²) < 4.78 is 51.1. The maximum absolute atomic E-state index is 14.5. The van der Waals surface area contributed by atoms with Gasteiger partial charge in [-0.15, -0.1) is 0 Å². The standard InChI is InChI=1S/C55H95IO9Si2/c1-18-34(2)28-48-38(6)44(50(62-48)33-49-37(5)35(3)29-42(60-49)21-23-45-36(4)30-41(59-45)20-19-27-57)32-40(58)31-43-22-24-46-51(61-43)39(7)52(65-67(16,17)55(11,12)13)53(63-46)47(25-26-56)64-66(14,15)54(8,9)10/h25-27,34-35,38-39,41-53H,4-5,18-24,28-33H2,1-3,6-17H3/b26-25+/t34-,35-,38-,39+,41+,42?,43?,44-,45+,46+,47+,48-,49-,50+,51-,52+,53+/m1/s1. The minimum atomic E-state index is -2.24. The molecule has 12 heteroatoms. The first-order valence-electron chi connectivity index (χ1n) is 26.4. The zero-order chi connectivity index (χ0) is 49.8. The Labute approximate surface area is 424 Å². The van der Waals surface area contributed by atoms with Gasteiger partial charge in [0.05, 0.1) is 67.1 Å². The maximum atomic E-state index is 14.5. The molecule has 2 unspecified atom stereocenters. The highest BCUT2D eigenvalue weighted by molar-refractivity contribution is 14.1. The van der Waals surface area contributed by atoms with Gasteiger partial charge in [-0.1, -0.05) is 118 Å². The number of Topliss-reactive ketones (excluding diaryl/α,β-unsaturated/α-hetero) is 1. The molecule has 0 radical (unpaired) electrons. The number of rotatable bonds is 21. The Morgan fingerprint density at radius 2 is 1.51 bits per heavy atom. The van der Waals surface area contributed by atoms with Gasteiger partial charge in [-0.25, -0.2) is 0 Å². The zero-order valence-electron chi connectivity index (χ0n) is 44.7. The van der Waals surface area contributed by atoms with Crippen LogP contribution in [0.4, 0.5) is 0 Å². The molecule has 5 aliphatic rings. The molecule has 5 saturated heterocycles. The molecule has 0 saturated carbocycles. The summed E-state index contributed by atoms with van der Waals surface area (Å²) in [5.41, 5.74) is 2.26. The van der Waals surface area contributed by atoms with E-state index in [0.29, 0.717) is 37.5 Å². The van der Waals surface area contributed by atoms with Gasteiger partial charge in [0.15, 0.2) is 16.6 Å². The summed E-state index contributed by atoms with van der Waals surface area (Å²) in [5, 5.41) is 0.0538. The third kappa shape index (κ3) is 14.6. The van der Waals surface area contributed by atoms with Crippen molar-refractivity contribution < 1.29 is 42.1 Å². The van der Waals surface area contributed by atoms with Crippen molar-refractivity contribution >= 4 is 51.3 Å². The van der Waals surface area contributed by atoms with Crippen molar-refractivity contribution in [2.75, 3.05) is 0 Å². The lowest BCUT2D eigenvalue weighted by molar-refractivity contribution is -0.251. The van der Waals surface area contributed by atoms with Gasteiger partial charge in [-0.2, -0.15) is 0 Å². The first-order valence-corrected chi connectivity index (χ1v) is 33.5. The Morgan fingerprint density at radius 3 is 2.13 bits per heavy atom. The molecule has 0 spiro atoms. The van der Waals surface area contributed by atoms with E-state index in [0.717, 1.165) is 75.2 Å². The van der Waals surface area contributed by atoms with Crippen molar-refractivity contribution in [3.05, 3.63) is 34.5 Å². The predicted octanol–water partition coefficient (Wildman–Crippen LogP) is 13.7. The summed E-state index contributed by atoms with van der Waals surface area (Å²) in [6, 6.07) is 0. The van der Waals surface area contributed by atoms with Gasteiger partial charge in [0.1, 0.15) is 18.2 Å². The fraction of sp³-hybridized carbons (Fsp3) is 0.855. The highest BCUT2D eigenvalue weighted by Gasteiger charge is 2.54. The number of ether oxygens (including phenoxy) is 5. The van der Waals surface area contributed by atoms with Crippen LogP contribution in [0.5, 0.6) is 0 Å². The zero-order valence-corrected chi connectivity index (χ0v) is 48.9. The van der Waals surface area contributed by atoms with Crippen molar-refractivity contribution in [1.29, 1.82) is 0 Å². The largest absolute Gasteiger partial charge is 0.411 e. The van der Waals surface area contributed by atoms with Gasteiger partial charge >= 0.3 is 0 Å². The summed E-state index contributed by atoms with van der Waals surface area (Å²) in [5.74, 6) is 1.50. The third-order valence-electron chi connectivity index (χ3n) is 17.7. The number of hydrogen-bond donors (Lipinski definition) is 0. The Kier molecular flexibility index (Phi) is 20.5. The van der Waals surface area contributed by atoms with Crippen molar-refractivity contribution in [3.8, 4) is 0 Å². The number of aldehydes is 1. The van der Waals surface area contributed by atoms with E-state index in [2.05, 4.69) is 148 Å². The SMILES string of the molecule is C=C1C[C@H](CCC=O)O[C@H]1CCC1C[C@@H](C)C(=C)[C@@H](C[C@@H]2O[C@H](C[C@H](C)CC)[C@H](C)[C@H]2CC(=O)CC2CC[C@@H]3O[C@@H]([C@H](/C=C/I)O[Si](C)(C)C(C)(C)C)[C@@H](O[Si](C)(C)C(C)(C)C)[C@@H](C)[C@H]3O2)O1. The molecule has 0 amide bonds. The lowest BCUT2D eigenvalue weighted by Gasteiger charge is -2.54. The maximum Gasteiger partial charge on any atom is 0.193 e. The second-order valence-corrected chi connectivity index (χ2v) is 35.1. The fourth-order valence-electron chi connectivity index (χ4n) is 10.9. The molecule has 5 fully saturated rings. The van der Waals surface area contributed by atoms with E-state index in [9.17, 15) is 9.59 Å². The van der Waals surface area contributed by atoms with Crippen LogP contribution in [0.15, 0.2) is 34.5 Å². The summed E-state index contributed by atoms with van der Waals surface area (Å²) >= 11 is 2.31. The lowest BCUT2D eigenvalue weighted by Crippen LogP contribution is -2.64. The summed E-state index contributed by atoms with van der Waals surface area (Å²) in [6.45, 7) is 43.3. The molecule has 0 aromatic carbocycles. The van der Waals surface area contributed by atoms with Gasteiger partial charge in [-0.3, -0.25) is 4.79 Å². The monoisotopic (exact) mass is 1080 g/mol. The van der Waals surface area contributed by atoms with Crippen molar-refractivity contribution in [2.24, 2.45) is 29.6 Å². The van der Waals surface area contributed by atoms with E-state index in [-0.39, 0.29) is 107 Å². The minimum absolute atomic E-state index is 0.0122. The van der Waals surface area contributed by atoms with E-state index < -0.39 is 16.6 Å². The topological polar surface area (TPSA) is 98.8 Å². The fourth-order valence-corrected chi connectivity index (χ4v) is 13.9. The Morgan fingerprint density at radius 1 is 0.836 bits per heavy atom. The smallest absolute Gasteiger partial charge is 0.193 e. The van der Waals surface area contributed by atoms with Crippen molar-refractivity contribution in [2.45, 2.75) is 269 Å². The molecular weight excluding hydrogens is 988 g/mol. The first kappa shape index (κ1) is 57.3. The van der Waals surface area contributed by atoms with Crippen molar-refractivity contribution in [3.63, 3.8) is 0 Å². The molecule has 5 aliphatic heterocycles. The van der Waals surface area contributed by atoms with Crippen LogP contribution in [0.3, 0.4) is 0 Å². The second kappa shape index (κ2) is 24.0. The molecule has 0 bridgehead atoms. The van der Waals surface area contributed by atoms with E-state index >= 15 is 0 Å². The Balaban J connectivity index is 1.28. The van der Waals surface area contributed by atoms with Crippen LogP contribution in [0.25, 0.3) is 0 Å². The second-order valence-electron chi connectivity index (χ2n) is 24.9. The van der Waals surface area contributed by atoms with Crippen LogP contribution < -0.4 is 0 Å². The molecule has 9 nitrogen and oxygen atoms in total. The average Bonchev–Trinajstić information content (AvgIpc) is 3.73. The predicted molar refractivity (Wildman–Crippen MR) is 286 cm³/mol. The van der Waals surface area contributed by atoms with Gasteiger partial charge in [0, 0.05) is 31.6 Å². The third-order valence-corrected chi connectivity index (χ3v) is 27.1. The van der Waals surface area contributed by atoms with Gasteiger partial charge < -0.3 is 37.3 Å². The molecule has 67 heavy (non-hydrogen) atoms. The Bertz CT molecular complexity index is 1690. The summed E-state index contributed by atoms with van der Waals surface area (Å²) in [4.78, 5) is 25.4. The van der Waals surface area contributed by atoms with E-state index in [4.69, 9.17) is 32.5 Å². The minimum Gasteiger partial charge on any atom is -0.411 e. The number of fused-ring (bicyclic) bond motifs is 1. The number of ketones is 1. The van der Waals surface area contributed by atoms with Gasteiger partial charge in [0.2, 0.25) is 0 Å². The van der Waals surface area contributed by atoms with Crippen LogP contribution in [-0.2, 0) is 42.1 Å². The van der Waals surface area contributed by atoms with Crippen LogP contribution in [0.1, 0.15) is 160 Å². The van der Waals surface area contributed by atoms with Crippen molar-refractivity contribution in [1.82, 2.24) is 0 Å². The normalized spacial score (nSPS) is 36.6. The van der Waals surface area contributed by atoms with Gasteiger partial charge in [-0.05, 0) is 133 Å². The highest BCUT2D eigenvalue weighted by Crippen LogP contribution is 2.47. The molecule has 384 valence electrons. The molecule has 5 rings (SSSR count). The van der Waals surface area contributed by atoms with Crippen LogP contribution in [0, 0.1) is 29.6 Å². The summed E-state index contributed by atoms with van der Waals surface area (Å²) in [7, 11) is -4.41.